The fraction of sp³-hybridized carbons (Fsp3) is 0.900. The summed E-state index contributed by atoms with van der Waals surface area (Å²) in [5, 5.41) is 3.09. The van der Waals surface area contributed by atoms with E-state index in [0.717, 1.165) is 45.6 Å². The Morgan fingerprint density at radius 2 is 1.93 bits per heavy atom. The molecule has 82 valence electrons. The summed E-state index contributed by atoms with van der Waals surface area (Å²) in [5.41, 5.74) is 0. The molecule has 0 bridgehead atoms. The zero-order valence-corrected chi connectivity index (χ0v) is 9.25. The fourth-order valence-electron chi connectivity index (χ4n) is 1.76. The zero-order valence-electron chi connectivity index (χ0n) is 9.25. The SMILES string of the molecule is CCCN1CCN(CCCNC)C1=O. The third-order valence-electron chi connectivity index (χ3n) is 2.53. The molecule has 0 atom stereocenters. The van der Waals surface area contributed by atoms with Crippen molar-refractivity contribution in [3.63, 3.8) is 0 Å². The minimum absolute atomic E-state index is 0.225. The molecule has 0 saturated carbocycles. The van der Waals surface area contributed by atoms with Crippen molar-refractivity contribution in [2.24, 2.45) is 0 Å². The maximum absolute atomic E-state index is 11.7. The van der Waals surface area contributed by atoms with Crippen LogP contribution in [0.4, 0.5) is 4.79 Å². The van der Waals surface area contributed by atoms with E-state index >= 15 is 0 Å². The van der Waals surface area contributed by atoms with Gasteiger partial charge in [0.2, 0.25) is 0 Å². The smallest absolute Gasteiger partial charge is 0.320 e. The predicted octanol–water partition coefficient (Wildman–Crippen LogP) is 0.744. The van der Waals surface area contributed by atoms with Crippen LogP contribution < -0.4 is 5.32 Å². The lowest BCUT2D eigenvalue weighted by atomic mass is 10.4. The van der Waals surface area contributed by atoms with Gasteiger partial charge in [-0.25, -0.2) is 4.79 Å². The summed E-state index contributed by atoms with van der Waals surface area (Å²) in [7, 11) is 1.94. The van der Waals surface area contributed by atoms with Crippen LogP contribution in [-0.2, 0) is 0 Å². The molecule has 0 aromatic carbocycles. The summed E-state index contributed by atoms with van der Waals surface area (Å²) >= 11 is 0. The fourth-order valence-corrected chi connectivity index (χ4v) is 1.76. The largest absolute Gasteiger partial charge is 0.323 e. The van der Waals surface area contributed by atoms with Crippen molar-refractivity contribution in [2.45, 2.75) is 19.8 Å². The van der Waals surface area contributed by atoms with Crippen LogP contribution >= 0.6 is 0 Å². The predicted molar refractivity (Wildman–Crippen MR) is 57.4 cm³/mol. The van der Waals surface area contributed by atoms with Crippen molar-refractivity contribution >= 4 is 6.03 Å². The molecule has 1 saturated heterocycles. The van der Waals surface area contributed by atoms with Gasteiger partial charge < -0.3 is 15.1 Å². The number of hydrogen-bond acceptors (Lipinski definition) is 2. The molecule has 4 nitrogen and oxygen atoms in total. The number of carbonyl (C=O) groups excluding carboxylic acids is 1. The monoisotopic (exact) mass is 199 g/mol. The summed E-state index contributed by atoms with van der Waals surface area (Å²) in [4.78, 5) is 15.6. The number of rotatable bonds is 6. The van der Waals surface area contributed by atoms with Gasteiger partial charge in [0.15, 0.2) is 0 Å². The van der Waals surface area contributed by atoms with Crippen LogP contribution in [0.25, 0.3) is 0 Å². The minimum atomic E-state index is 0.225. The van der Waals surface area contributed by atoms with E-state index in [9.17, 15) is 4.79 Å². The van der Waals surface area contributed by atoms with Gasteiger partial charge in [-0.05, 0) is 26.4 Å². The third kappa shape index (κ3) is 2.87. The van der Waals surface area contributed by atoms with Crippen LogP contribution in [0.2, 0.25) is 0 Å². The highest BCUT2D eigenvalue weighted by molar-refractivity contribution is 5.76. The number of hydrogen-bond donors (Lipinski definition) is 1. The first-order valence-corrected chi connectivity index (χ1v) is 5.48. The Morgan fingerprint density at radius 1 is 1.29 bits per heavy atom. The molecular formula is C10H21N3O. The topological polar surface area (TPSA) is 35.6 Å². The van der Waals surface area contributed by atoms with Gasteiger partial charge in [-0.3, -0.25) is 0 Å². The molecule has 1 rings (SSSR count). The van der Waals surface area contributed by atoms with Crippen LogP contribution in [0.5, 0.6) is 0 Å². The molecule has 1 N–H and O–H groups in total. The van der Waals surface area contributed by atoms with E-state index < -0.39 is 0 Å². The molecule has 1 fully saturated rings. The van der Waals surface area contributed by atoms with E-state index in [-0.39, 0.29) is 6.03 Å². The Hall–Kier alpha value is -0.770. The Bertz CT molecular complexity index is 184. The molecule has 2 amide bonds. The number of amides is 2. The Balaban J connectivity index is 2.25. The standard InChI is InChI=1S/C10H21N3O/c1-3-6-12-8-9-13(10(12)14)7-4-5-11-2/h11H,3-9H2,1-2H3. The van der Waals surface area contributed by atoms with Crippen molar-refractivity contribution in [2.75, 3.05) is 39.8 Å². The second-order valence-electron chi connectivity index (χ2n) is 3.71. The van der Waals surface area contributed by atoms with Gasteiger partial charge in [0.25, 0.3) is 0 Å². The van der Waals surface area contributed by atoms with Crippen molar-refractivity contribution in [1.29, 1.82) is 0 Å². The molecule has 0 spiro atoms. The summed E-state index contributed by atoms with van der Waals surface area (Å²) < 4.78 is 0. The van der Waals surface area contributed by atoms with E-state index in [0.29, 0.717) is 0 Å². The molecule has 0 radical (unpaired) electrons. The molecular weight excluding hydrogens is 178 g/mol. The van der Waals surface area contributed by atoms with Gasteiger partial charge in [0, 0.05) is 26.2 Å². The van der Waals surface area contributed by atoms with Gasteiger partial charge in [-0.2, -0.15) is 0 Å². The summed E-state index contributed by atoms with van der Waals surface area (Å²) in [5.74, 6) is 0. The first kappa shape index (κ1) is 11.3. The molecule has 14 heavy (non-hydrogen) atoms. The van der Waals surface area contributed by atoms with Gasteiger partial charge in [0.1, 0.15) is 0 Å². The summed E-state index contributed by atoms with van der Waals surface area (Å²) in [6, 6.07) is 0.225. The van der Waals surface area contributed by atoms with E-state index in [1.807, 2.05) is 16.8 Å². The number of urea groups is 1. The second-order valence-corrected chi connectivity index (χ2v) is 3.71. The molecule has 1 aliphatic heterocycles. The van der Waals surface area contributed by atoms with Crippen molar-refractivity contribution < 1.29 is 4.79 Å². The maximum atomic E-state index is 11.7. The molecule has 1 aliphatic rings. The molecule has 4 heteroatoms. The van der Waals surface area contributed by atoms with Crippen LogP contribution in [0, 0.1) is 0 Å². The van der Waals surface area contributed by atoms with Crippen LogP contribution in [-0.4, -0.2) is 55.6 Å². The van der Waals surface area contributed by atoms with E-state index in [1.54, 1.807) is 0 Å². The third-order valence-corrected chi connectivity index (χ3v) is 2.53. The minimum Gasteiger partial charge on any atom is -0.323 e. The molecule has 0 aliphatic carbocycles. The lowest BCUT2D eigenvalue weighted by Crippen LogP contribution is -2.33. The van der Waals surface area contributed by atoms with Crippen LogP contribution in [0.3, 0.4) is 0 Å². The van der Waals surface area contributed by atoms with Crippen molar-refractivity contribution in [3.05, 3.63) is 0 Å². The van der Waals surface area contributed by atoms with E-state index in [2.05, 4.69) is 12.2 Å². The van der Waals surface area contributed by atoms with E-state index in [1.165, 1.54) is 0 Å². The first-order valence-electron chi connectivity index (χ1n) is 5.48. The van der Waals surface area contributed by atoms with Gasteiger partial charge in [-0.15, -0.1) is 0 Å². The zero-order chi connectivity index (χ0) is 10.4. The molecule has 1 heterocycles. The normalized spacial score (nSPS) is 16.9. The highest BCUT2D eigenvalue weighted by Crippen LogP contribution is 2.09. The summed E-state index contributed by atoms with van der Waals surface area (Å²) in [6.45, 7) is 6.70. The first-order chi connectivity index (χ1) is 6.79. The maximum Gasteiger partial charge on any atom is 0.320 e. The lowest BCUT2D eigenvalue weighted by Gasteiger charge is -2.17. The Morgan fingerprint density at radius 3 is 2.50 bits per heavy atom. The molecule has 0 aromatic heterocycles. The Kier molecular flexibility index (Phi) is 4.73. The number of nitrogens with one attached hydrogen (secondary N) is 1. The van der Waals surface area contributed by atoms with Gasteiger partial charge in [0.05, 0.1) is 0 Å². The number of nitrogens with zero attached hydrogens (tertiary/aromatic N) is 2. The quantitative estimate of drug-likeness (QED) is 0.641. The van der Waals surface area contributed by atoms with Crippen molar-refractivity contribution in [3.8, 4) is 0 Å². The van der Waals surface area contributed by atoms with Crippen LogP contribution in [0.15, 0.2) is 0 Å². The average Bonchev–Trinajstić information content (AvgIpc) is 2.51. The van der Waals surface area contributed by atoms with Crippen LogP contribution in [0.1, 0.15) is 19.8 Å². The Labute approximate surface area is 86.2 Å². The van der Waals surface area contributed by atoms with Gasteiger partial charge >= 0.3 is 6.03 Å². The highest BCUT2D eigenvalue weighted by Gasteiger charge is 2.26. The van der Waals surface area contributed by atoms with E-state index in [4.69, 9.17) is 0 Å². The molecule has 0 aromatic rings. The van der Waals surface area contributed by atoms with Crippen molar-refractivity contribution in [1.82, 2.24) is 15.1 Å². The highest BCUT2D eigenvalue weighted by atomic mass is 16.2. The van der Waals surface area contributed by atoms with Gasteiger partial charge in [-0.1, -0.05) is 6.92 Å². The lowest BCUT2D eigenvalue weighted by molar-refractivity contribution is 0.191. The second kappa shape index (κ2) is 5.86. The summed E-state index contributed by atoms with van der Waals surface area (Å²) in [6.07, 6.45) is 2.10. The number of carbonyl (C=O) groups is 1. The average molecular weight is 199 g/mol. The molecule has 0 unspecified atom stereocenters.